The zero-order valence-electron chi connectivity index (χ0n) is 17.2. The molecule has 0 aliphatic rings. The van der Waals surface area contributed by atoms with Crippen molar-refractivity contribution in [2.45, 2.75) is 33.0 Å². The fourth-order valence-electron chi connectivity index (χ4n) is 3.33. The minimum absolute atomic E-state index is 0.161. The van der Waals surface area contributed by atoms with Crippen LogP contribution in [0.25, 0.3) is 11.0 Å². The van der Waals surface area contributed by atoms with E-state index < -0.39 is 23.7 Å². The lowest BCUT2D eigenvalue weighted by Crippen LogP contribution is -2.41. The quantitative estimate of drug-likeness (QED) is 0.516. The van der Waals surface area contributed by atoms with Gasteiger partial charge in [-0.05, 0) is 25.5 Å². The number of benzene rings is 1. The maximum Gasteiger partial charge on any atom is 0.331 e. The summed E-state index contributed by atoms with van der Waals surface area (Å²) >= 11 is 0. The van der Waals surface area contributed by atoms with Gasteiger partial charge in [-0.15, -0.1) is 0 Å². The maximum absolute atomic E-state index is 12.7. The van der Waals surface area contributed by atoms with E-state index in [-0.39, 0.29) is 6.04 Å². The molecule has 1 aromatic carbocycles. The van der Waals surface area contributed by atoms with E-state index >= 15 is 0 Å². The van der Waals surface area contributed by atoms with Crippen LogP contribution in [0.3, 0.4) is 0 Å². The lowest BCUT2D eigenvalue weighted by atomic mass is 10.2. The summed E-state index contributed by atoms with van der Waals surface area (Å²) in [5, 5.41) is 7.79. The molecular formula is C22H22N6O3. The van der Waals surface area contributed by atoms with Crippen molar-refractivity contribution in [3.8, 4) is 0 Å². The molecule has 158 valence electrons. The van der Waals surface area contributed by atoms with Crippen molar-refractivity contribution < 1.29 is 4.79 Å². The molecule has 0 unspecified atom stereocenters. The molecule has 0 saturated carbocycles. The Bertz CT molecular complexity index is 1350. The van der Waals surface area contributed by atoms with Gasteiger partial charge in [-0.3, -0.25) is 18.7 Å². The number of anilines is 1. The van der Waals surface area contributed by atoms with Crippen molar-refractivity contribution in [2.75, 3.05) is 5.32 Å². The van der Waals surface area contributed by atoms with Crippen LogP contribution in [0.4, 0.5) is 5.69 Å². The number of rotatable bonds is 6. The van der Waals surface area contributed by atoms with Crippen LogP contribution in [0.5, 0.6) is 0 Å². The van der Waals surface area contributed by atoms with Gasteiger partial charge in [0.15, 0.2) is 5.65 Å². The second kappa shape index (κ2) is 8.39. The zero-order chi connectivity index (χ0) is 22.0. The van der Waals surface area contributed by atoms with E-state index in [4.69, 9.17) is 0 Å². The van der Waals surface area contributed by atoms with Crippen LogP contribution >= 0.6 is 0 Å². The molecule has 0 saturated heterocycles. The van der Waals surface area contributed by atoms with E-state index in [1.165, 1.54) is 23.0 Å². The van der Waals surface area contributed by atoms with Gasteiger partial charge in [0.05, 0.1) is 24.6 Å². The fourth-order valence-corrected chi connectivity index (χ4v) is 3.33. The first kappa shape index (κ1) is 20.3. The number of carbonyl (C=O) groups is 1. The number of carbonyl (C=O) groups excluding carboxylic acids is 1. The molecule has 0 radical (unpaired) electrons. The largest absolute Gasteiger partial charge is 0.331 e. The Balaban J connectivity index is 1.53. The van der Waals surface area contributed by atoms with Crippen LogP contribution in [0.1, 0.15) is 25.5 Å². The minimum atomic E-state index is -0.543. The summed E-state index contributed by atoms with van der Waals surface area (Å²) in [5.41, 5.74) is 1.03. The van der Waals surface area contributed by atoms with E-state index in [1.807, 2.05) is 44.2 Å². The average Bonchev–Trinajstić information content (AvgIpc) is 3.17. The van der Waals surface area contributed by atoms with Gasteiger partial charge in [0, 0.05) is 23.7 Å². The van der Waals surface area contributed by atoms with Gasteiger partial charge in [0.2, 0.25) is 5.91 Å². The minimum Gasteiger partial charge on any atom is -0.323 e. The van der Waals surface area contributed by atoms with Crippen molar-refractivity contribution >= 4 is 22.6 Å². The van der Waals surface area contributed by atoms with Crippen LogP contribution in [0.15, 0.2) is 70.6 Å². The van der Waals surface area contributed by atoms with Gasteiger partial charge < -0.3 is 5.32 Å². The van der Waals surface area contributed by atoms with Crippen molar-refractivity contribution in [1.29, 1.82) is 0 Å². The number of aromatic nitrogens is 5. The number of nitrogens with one attached hydrogen (secondary N) is 1. The lowest BCUT2D eigenvalue weighted by molar-refractivity contribution is -0.116. The Labute approximate surface area is 177 Å². The number of hydrogen-bond donors (Lipinski definition) is 1. The normalized spacial score (nSPS) is 11.2. The number of amides is 1. The van der Waals surface area contributed by atoms with E-state index in [0.29, 0.717) is 12.2 Å². The summed E-state index contributed by atoms with van der Waals surface area (Å²) in [7, 11) is 0. The Morgan fingerprint density at radius 1 is 1.10 bits per heavy atom. The van der Waals surface area contributed by atoms with Gasteiger partial charge in [-0.1, -0.05) is 30.3 Å². The molecule has 1 N–H and O–H groups in total. The first-order chi connectivity index (χ1) is 14.9. The van der Waals surface area contributed by atoms with Crippen molar-refractivity contribution in [3.05, 3.63) is 87.5 Å². The third-order valence-electron chi connectivity index (χ3n) is 4.84. The molecule has 1 amide bonds. The van der Waals surface area contributed by atoms with E-state index in [9.17, 15) is 14.4 Å². The molecule has 0 fully saturated rings. The molecule has 9 heteroatoms. The van der Waals surface area contributed by atoms with Gasteiger partial charge in [0.1, 0.15) is 6.54 Å². The number of nitrogens with zero attached hydrogens (tertiary/aromatic N) is 5. The smallest absolute Gasteiger partial charge is 0.323 e. The maximum atomic E-state index is 12.7. The summed E-state index contributed by atoms with van der Waals surface area (Å²) in [6.07, 6.45) is 4.65. The summed E-state index contributed by atoms with van der Waals surface area (Å²) in [6.45, 7) is 3.93. The van der Waals surface area contributed by atoms with Gasteiger partial charge in [-0.25, -0.2) is 14.5 Å². The number of pyridine rings is 1. The summed E-state index contributed by atoms with van der Waals surface area (Å²) in [5.74, 6) is -0.492. The second-order valence-corrected chi connectivity index (χ2v) is 7.50. The van der Waals surface area contributed by atoms with Crippen molar-refractivity contribution in [2.24, 2.45) is 0 Å². The highest BCUT2D eigenvalue weighted by Crippen LogP contribution is 2.19. The first-order valence-corrected chi connectivity index (χ1v) is 9.89. The van der Waals surface area contributed by atoms with E-state index in [2.05, 4.69) is 15.4 Å². The van der Waals surface area contributed by atoms with Crippen LogP contribution in [0.2, 0.25) is 0 Å². The molecule has 4 rings (SSSR count). The van der Waals surface area contributed by atoms with Gasteiger partial charge in [0.25, 0.3) is 5.56 Å². The van der Waals surface area contributed by atoms with Gasteiger partial charge in [-0.2, -0.15) is 5.10 Å². The summed E-state index contributed by atoms with van der Waals surface area (Å²) in [6, 6.07) is 12.6. The molecule has 31 heavy (non-hydrogen) atoms. The van der Waals surface area contributed by atoms with Gasteiger partial charge >= 0.3 is 5.69 Å². The Kier molecular flexibility index (Phi) is 5.48. The molecule has 0 aliphatic carbocycles. The molecule has 3 aromatic heterocycles. The highest BCUT2D eigenvalue weighted by Gasteiger charge is 2.13. The van der Waals surface area contributed by atoms with Crippen LogP contribution in [-0.2, 0) is 17.9 Å². The third kappa shape index (κ3) is 4.30. The standard InChI is InChI=1S/C22H22N6O3/c1-15(2)28-21-17(11-24-28)10-18(12-23-21)25-19(29)14-27-20(30)8-9-26(22(27)31)13-16-6-4-3-5-7-16/h3-12,15H,13-14H2,1-2H3,(H,25,29). The highest BCUT2D eigenvalue weighted by molar-refractivity contribution is 5.92. The van der Waals surface area contributed by atoms with E-state index in [0.717, 1.165) is 21.2 Å². The monoisotopic (exact) mass is 418 g/mol. The predicted molar refractivity (Wildman–Crippen MR) is 117 cm³/mol. The molecule has 4 aromatic rings. The zero-order valence-corrected chi connectivity index (χ0v) is 17.2. The molecule has 0 bridgehead atoms. The van der Waals surface area contributed by atoms with E-state index in [1.54, 1.807) is 16.9 Å². The average molecular weight is 418 g/mol. The van der Waals surface area contributed by atoms with Crippen LogP contribution in [0, 0.1) is 0 Å². The Morgan fingerprint density at radius 2 is 1.87 bits per heavy atom. The number of hydrogen-bond acceptors (Lipinski definition) is 5. The highest BCUT2D eigenvalue weighted by atomic mass is 16.2. The Hall–Kier alpha value is -4.01. The second-order valence-electron chi connectivity index (χ2n) is 7.50. The number of fused-ring (bicyclic) bond motifs is 1. The van der Waals surface area contributed by atoms with Crippen molar-refractivity contribution in [3.63, 3.8) is 0 Å². The topological polar surface area (TPSA) is 104 Å². The van der Waals surface area contributed by atoms with Crippen LogP contribution < -0.4 is 16.6 Å². The van der Waals surface area contributed by atoms with Crippen LogP contribution in [-0.4, -0.2) is 29.8 Å². The molecule has 0 spiro atoms. The molecule has 0 aliphatic heterocycles. The summed E-state index contributed by atoms with van der Waals surface area (Å²) < 4.78 is 4.11. The Morgan fingerprint density at radius 3 is 2.61 bits per heavy atom. The predicted octanol–water partition coefficient (Wildman–Crippen LogP) is 2.02. The molecule has 3 heterocycles. The third-order valence-corrected chi connectivity index (χ3v) is 4.84. The summed E-state index contributed by atoms with van der Waals surface area (Å²) in [4.78, 5) is 41.9. The van der Waals surface area contributed by atoms with Crippen molar-refractivity contribution in [1.82, 2.24) is 23.9 Å². The molecule has 0 atom stereocenters. The SMILES string of the molecule is CC(C)n1ncc2cc(NC(=O)Cn3c(=O)ccn(Cc4ccccc4)c3=O)cnc21. The first-order valence-electron chi connectivity index (χ1n) is 9.89. The molecule has 9 nitrogen and oxygen atoms in total. The lowest BCUT2D eigenvalue weighted by Gasteiger charge is -2.11. The molecular weight excluding hydrogens is 396 g/mol. The fraction of sp³-hybridized carbons (Fsp3) is 0.227.